The average molecular weight is 544 g/mol. The molecular weight excluding hydrogens is 498 g/mol. The molecule has 1 unspecified atom stereocenters. The van der Waals surface area contributed by atoms with Crippen LogP contribution in [0.1, 0.15) is 67.7 Å². The molecule has 6 nitrogen and oxygen atoms in total. The zero-order chi connectivity index (χ0) is 30.8. The third kappa shape index (κ3) is 19.7. The maximum Gasteiger partial charge on any atom is 0.336 e. The topological polar surface area (TPSA) is 91.1 Å². The van der Waals surface area contributed by atoms with E-state index in [1.165, 1.54) is 18.4 Å². The first-order valence-electron chi connectivity index (χ1n) is 13.2. The number of nitrogens with zero attached hydrogens (tertiary/aromatic N) is 2. The summed E-state index contributed by atoms with van der Waals surface area (Å²) in [7, 11) is 0. The lowest BCUT2D eigenvalue weighted by molar-refractivity contribution is -0.132. The molecule has 2 N–H and O–H groups in total. The van der Waals surface area contributed by atoms with Gasteiger partial charge in [-0.3, -0.25) is 14.8 Å². The zero-order valence-electron chi connectivity index (χ0n) is 25.1. The summed E-state index contributed by atoms with van der Waals surface area (Å²) in [4.78, 5) is 32.8. The Labute approximate surface area is 241 Å². The van der Waals surface area contributed by atoms with Crippen LogP contribution in [0, 0.1) is 30.1 Å². The Balaban J connectivity index is 0. The van der Waals surface area contributed by atoms with Gasteiger partial charge in [0.05, 0.1) is 5.57 Å². The summed E-state index contributed by atoms with van der Waals surface area (Å²) in [5.74, 6) is 6.88. The van der Waals surface area contributed by atoms with Crippen molar-refractivity contribution in [3.8, 4) is 24.2 Å². The summed E-state index contributed by atoms with van der Waals surface area (Å²) in [5.41, 5.74) is 1.65. The molecule has 0 saturated carbocycles. The number of carbonyl (C=O) groups is 2. The third-order valence-electron chi connectivity index (χ3n) is 5.11. The number of carboxylic acid groups (broad SMARTS) is 1. The second kappa shape index (κ2) is 24.9. The predicted molar refractivity (Wildman–Crippen MR) is 171 cm³/mol. The summed E-state index contributed by atoms with van der Waals surface area (Å²) < 4.78 is 0. The molecule has 0 saturated heterocycles. The van der Waals surface area contributed by atoms with E-state index >= 15 is 0 Å². The molecule has 0 aromatic rings. The highest BCUT2D eigenvalue weighted by Gasteiger charge is 2.18. The van der Waals surface area contributed by atoms with E-state index in [0.29, 0.717) is 30.8 Å². The Morgan fingerprint density at radius 2 is 1.82 bits per heavy atom. The number of hydrogen-bond acceptors (Lipinski definition) is 4. The summed E-state index contributed by atoms with van der Waals surface area (Å²) in [6.07, 6.45) is 25.6. The maximum absolute atomic E-state index is 13.2. The molecule has 0 rings (SSSR count). The van der Waals surface area contributed by atoms with Crippen molar-refractivity contribution < 1.29 is 14.7 Å². The molecule has 1 atom stereocenters. The highest BCUT2D eigenvalue weighted by Crippen LogP contribution is 2.13. The maximum atomic E-state index is 13.2. The molecule has 0 aliphatic rings. The molecule has 0 fully saturated rings. The average Bonchev–Trinajstić information content (AvgIpc) is 2.92. The zero-order valence-corrected chi connectivity index (χ0v) is 25.1. The Morgan fingerprint density at radius 3 is 2.35 bits per heavy atom. The minimum atomic E-state index is -1.13. The summed E-state index contributed by atoms with van der Waals surface area (Å²) >= 11 is 0. The van der Waals surface area contributed by atoms with Gasteiger partial charge < -0.3 is 10.4 Å². The number of aliphatic carboxylic acids is 1. The molecule has 1 amide bonds. The van der Waals surface area contributed by atoms with Crippen molar-refractivity contribution >= 4 is 24.3 Å². The lowest BCUT2D eigenvalue weighted by Crippen LogP contribution is -2.38. The Morgan fingerprint density at radius 1 is 1.15 bits per heavy atom. The monoisotopic (exact) mass is 543 g/mol. The number of carboxylic acids is 1. The van der Waals surface area contributed by atoms with Crippen LogP contribution in [0.3, 0.4) is 0 Å². The number of carbonyl (C=O) groups excluding carboxylic acids is 1. The van der Waals surface area contributed by atoms with Gasteiger partial charge in [-0.15, -0.1) is 12.3 Å². The fraction of sp³-hybridized carbons (Fsp3) is 0.353. The second-order valence-electron chi connectivity index (χ2n) is 8.68. The van der Waals surface area contributed by atoms with E-state index < -0.39 is 11.9 Å². The van der Waals surface area contributed by atoms with Gasteiger partial charge in [0, 0.05) is 30.9 Å². The number of aliphatic imine (C=N–C) groups is 2. The largest absolute Gasteiger partial charge is 0.478 e. The van der Waals surface area contributed by atoms with Gasteiger partial charge >= 0.3 is 5.97 Å². The Bertz CT molecular complexity index is 1150. The summed E-state index contributed by atoms with van der Waals surface area (Å²) in [6, 6.07) is -0.133. The van der Waals surface area contributed by atoms with Gasteiger partial charge in [0.25, 0.3) is 5.91 Å². The molecule has 6 heteroatoms. The van der Waals surface area contributed by atoms with Crippen molar-refractivity contribution in [3.63, 3.8) is 0 Å². The van der Waals surface area contributed by atoms with Crippen LogP contribution in [0.4, 0.5) is 0 Å². The van der Waals surface area contributed by atoms with Crippen LogP contribution in [-0.4, -0.2) is 35.5 Å². The van der Waals surface area contributed by atoms with Crippen LogP contribution in [0.25, 0.3) is 0 Å². The van der Waals surface area contributed by atoms with Crippen LogP contribution in [0.5, 0.6) is 0 Å². The van der Waals surface area contributed by atoms with Crippen molar-refractivity contribution in [2.24, 2.45) is 15.9 Å². The third-order valence-corrected chi connectivity index (χ3v) is 5.11. The van der Waals surface area contributed by atoms with E-state index in [9.17, 15) is 14.7 Å². The number of allylic oxidation sites excluding steroid dienone is 8. The van der Waals surface area contributed by atoms with Crippen molar-refractivity contribution in [2.75, 3.05) is 0 Å². The van der Waals surface area contributed by atoms with Gasteiger partial charge in [-0.25, -0.2) is 4.79 Å². The van der Waals surface area contributed by atoms with Crippen LogP contribution < -0.4 is 5.32 Å². The first-order valence-corrected chi connectivity index (χ1v) is 13.2. The van der Waals surface area contributed by atoms with Crippen molar-refractivity contribution in [1.82, 2.24) is 5.32 Å². The Kier molecular flexibility index (Phi) is 23.5. The number of hydrogen-bond donors (Lipinski definition) is 2. The molecule has 214 valence electrons. The molecule has 0 spiro atoms. The summed E-state index contributed by atoms with van der Waals surface area (Å²) in [5, 5.41) is 12.7. The van der Waals surface area contributed by atoms with Gasteiger partial charge in [0.2, 0.25) is 0 Å². The van der Waals surface area contributed by atoms with E-state index in [-0.39, 0.29) is 17.3 Å². The lowest BCUT2D eigenvalue weighted by Gasteiger charge is -2.18. The standard InChI is InChI=1S/C31H41N3O3.C3H4/c1-8-25(6)28(31(36)37)23-29(33-21-17-15-13-11-12-14-16-20-32-7)30(35)34-27(10-3)22-26(9-2)19-18-24(4)5;1-3-2/h8-9,12,14,16-21,23-24,27H,7,10-11,22H2,1-6H3,(H,34,35)(H,36,37);1H,2H3/b14-12-,19-18-,20-16-,21-17+,25-8+,26-9+,28-23+,33-29+;. The van der Waals surface area contributed by atoms with Crippen molar-refractivity contribution in [2.45, 2.75) is 73.8 Å². The first kappa shape index (κ1) is 37.7. The SMILES string of the molecule is C#CC.C=N/C=C\C=C/CC#C/C=C/N=C(\C=C(C(=O)O)/C(C)=C/C)C(=O)NC(CC)CC(/C=C\C(C)C)=C/C. The number of amides is 1. The number of rotatable bonds is 14. The van der Waals surface area contributed by atoms with Crippen LogP contribution >= 0.6 is 0 Å². The molecule has 0 radical (unpaired) electrons. The fourth-order valence-electron chi connectivity index (χ4n) is 2.83. The Hall–Kier alpha value is -4.42. The molecule has 0 aliphatic carbocycles. The van der Waals surface area contributed by atoms with Gasteiger partial charge in [-0.1, -0.05) is 74.6 Å². The van der Waals surface area contributed by atoms with E-state index in [2.05, 4.69) is 72.2 Å². The van der Waals surface area contributed by atoms with E-state index in [4.69, 9.17) is 0 Å². The van der Waals surface area contributed by atoms with Crippen LogP contribution in [0.2, 0.25) is 0 Å². The normalized spacial score (nSPS) is 13.7. The van der Waals surface area contributed by atoms with E-state index in [1.54, 1.807) is 39.1 Å². The minimum Gasteiger partial charge on any atom is -0.478 e. The smallest absolute Gasteiger partial charge is 0.336 e. The molecular formula is C34H45N3O3. The number of nitrogens with one attached hydrogen (secondary N) is 1. The fourth-order valence-corrected chi connectivity index (χ4v) is 2.83. The van der Waals surface area contributed by atoms with Gasteiger partial charge in [-0.2, -0.15) is 0 Å². The van der Waals surface area contributed by atoms with E-state index in [1.807, 2.05) is 32.1 Å². The number of terminal acetylenes is 1. The highest BCUT2D eigenvalue weighted by atomic mass is 16.4. The minimum absolute atomic E-state index is 0.00295. The summed E-state index contributed by atoms with van der Waals surface area (Å²) in [6.45, 7) is 16.6. The molecule has 0 aliphatic heterocycles. The van der Waals surface area contributed by atoms with Gasteiger partial charge in [0.1, 0.15) is 5.71 Å². The predicted octanol–water partition coefficient (Wildman–Crippen LogP) is 7.17. The first-order chi connectivity index (χ1) is 19.1. The molecule has 0 aromatic heterocycles. The lowest BCUT2D eigenvalue weighted by atomic mass is 10.0. The van der Waals surface area contributed by atoms with Crippen molar-refractivity contribution in [1.29, 1.82) is 0 Å². The van der Waals surface area contributed by atoms with Gasteiger partial charge in [-0.05, 0) is 70.9 Å². The second-order valence-corrected chi connectivity index (χ2v) is 8.68. The molecule has 0 bridgehead atoms. The quantitative estimate of drug-likeness (QED) is 0.105. The van der Waals surface area contributed by atoms with E-state index in [0.717, 1.165) is 5.57 Å². The van der Waals surface area contributed by atoms with Crippen LogP contribution in [-0.2, 0) is 9.59 Å². The highest BCUT2D eigenvalue weighted by molar-refractivity contribution is 6.44. The molecule has 0 aromatic carbocycles. The van der Waals surface area contributed by atoms with Crippen molar-refractivity contribution in [3.05, 3.63) is 83.8 Å². The molecule has 0 heterocycles. The van der Waals surface area contributed by atoms with Crippen LogP contribution in [0.15, 0.2) is 93.8 Å². The molecule has 40 heavy (non-hydrogen) atoms. The van der Waals surface area contributed by atoms with Gasteiger partial charge in [0.15, 0.2) is 0 Å².